The minimum atomic E-state index is -0.557. The molecule has 0 atom stereocenters. The maximum absolute atomic E-state index is 12.4. The predicted molar refractivity (Wildman–Crippen MR) is 95.3 cm³/mol. The standard InChI is InChI=1S/C19H28N2O3/c1-19(2,3)24-18(23)21-16-12-8-9-14(13-16)17(22)20-15-10-6-4-5-7-11-15/h8-9,12-13,15H,4-7,10-11H2,1-3H3,(H,20,22)(H,21,23). The molecule has 0 radical (unpaired) electrons. The number of rotatable bonds is 3. The first-order chi connectivity index (χ1) is 11.3. The van der Waals surface area contributed by atoms with Gasteiger partial charge in [-0.15, -0.1) is 0 Å². The number of ether oxygens (including phenoxy) is 1. The van der Waals surface area contributed by atoms with Crippen LogP contribution in [-0.2, 0) is 4.74 Å². The lowest BCUT2D eigenvalue weighted by atomic mass is 10.1. The Labute approximate surface area is 144 Å². The number of carbonyl (C=O) groups excluding carboxylic acids is 2. The molecule has 132 valence electrons. The molecule has 1 fully saturated rings. The lowest BCUT2D eigenvalue weighted by molar-refractivity contribution is 0.0635. The number of amides is 2. The summed E-state index contributed by atoms with van der Waals surface area (Å²) in [7, 11) is 0. The van der Waals surface area contributed by atoms with Gasteiger partial charge in [0.2, 0.25) is 0 Å². The minimum Gasteiger partial charge on any atom is -0.444 e. The van der Waals surface area contributed by atoms with Crippen LogP contribution in [0.3, 0.4) is 0 Å². The van der Waals surface area contributed by atoms with Crippen molar-refractivity contribution in [2.45, 2.75) is 70.9 Å². The average molecular weight is 332 g/mol. The molecule has 0 bridgehead atoms. The second-order valence-electron chi connectivity index (χ2n) is 7.37. The first-order valence-corrected chi connectivity index (χ1v) is 8.74. The Morgan fingerprint density at radius 3 is 2.38 bits per heavy atom. The van der Waals surface area contributed by atoms with Gasteiger partial charge in [0.1, 0.15) is 5.60 Å². The van der Waals surface area contributed by atoms with Gasteiger partial charge in [0.05, 0.1) is 0 Å². The number of nitrogens with one attached hydrogen (secondary N) is 2. The monoisotopic (exact) mass is 332 g/mol. The van der Waals surface area contributed by atoms with Crippen molar-refractivity contribution >= 4 is 17.7 Å². The molecule has 2 amide bonds. The highest BCUT2D eigenvalue weighted by atomic mass is 16.6. The molecule has 1 aromatic carbocycles. The summed E-state index contributed by atoms with van der Waals surface area (Å²) in [6.45, 7) is 5.43. The Morgan fingerprint density at radius 1 is 1.08 bits per heavy atom. The summed E-state index contributed by atoms with van der Waals surface area (Å²) >= 11 is 0. The number of hydrogen-bond donors (Lipinski definition) is 2. The fourth-order valence-corrected chi connectivity index (χ4v) is 2.85. The van der Waals surface area contributed by atoms with Crippen LogP contribution in [0.4, 0.5) is 10.5 Å². The van der Waals surface area contributed by atoms with E-state index >= 15 is 0 Å². The van der Waals surface area contributed by atoms with Crippen LogP contribution in [0, 0.1) is 0 Å². The van der Waals surface area contributed by atoms with E-state index in [-0.39, 0.29) is 11.9 Å². The fraction of sp³-hybridized carbons (Fsp3) is 0.579. The van der Waals surface area contributed by atoms with Crippen molar-refractivity contribution in [1.29, 1.82) is 0 Å². The highest BCUT2D eigenvalue weighted by molar-refractivity contribution is 5.96. The maximum Gasteiger partial charge on any atom is 0.412 e. The van der Waals surface area contributed by atoms with Crippen molar-refractivity contribution in [1.82, 2.24) is 5.32 Å². The van der Waals surface area contributed by atoms with Gasteiger partial charge in [-0.05, 0) is 51.8 Å². The predicted octanol–water partition coefficient (Wildman–Crippen LogP) is 4.49. The number of hydrogen-bond acceptors (Lipinski definition) is 3. The van der Waals surface area contributed by atoms with E-state index in [1.54, 1.807) is 24.3 Å². The van der Waals surface area contributed by atoms with Gasteiger partial charge >= 0.3 is 6.09 Å². The van der Waals surface area contributed by atoms with E-state index in [1.165, 1.54) is 25.7 Å². The summed E-state index contributed by atoms with van der Waals surface area (Å²) < 4.78 is 5.23. The molecule has 1 aromatic rings. The lowest BCUT2D eigenvalue weighted by Gasteiger charge is -2.20. The summed E-state index contributed by atoms with van der Waals surface area (Å²) in [5.41, 5.74) is 0.545. The van der Waals surface area contributed by atoms with Crippen LogP contribution in [0.5, 0.6) is 0 Å². The van der Waals surface area contributed by atoms with Gasteiger partial charge in [-0.2, -0.15) is 0 Å². The SMILES string of the molecule is CC(C)(C)OC(=O)Nc1cccc(C(=O)NC2CCCCCC2)c1. The van der Waals surface area contributed by atoms with Crippen LogP contribution in [0.15, 0.2) is 24.3 Å². The van der Waals surface area contributed by atoms with Gasteiger partial charge in [0.25, 0.3) is 5.91 Å². The van der Waals surface area contributed by atoms with Crippen LogP contribution in [-0.4, -0.2) is 23.6 Å². The third kappa shape index (κ3) is 6.22. The molecule has 0 spiro atoms. The molecule has 5 nitrogen and oxygen atoms in total. The van der Waals surface area contributed by atoms with Crippen molar-refractivity contribution in [3.63, 3.8) is 0 Å². The largest absolute Gasteiger partial charge is 0.444 e. The second kappa shape index (κ2) is 8.18. The van der Waals surface area contributed by atoms with E-state index in [0.29, 0.717) is 11.3 Å². The highest BCUT2D eigenvalue weighted by Crippen LogP contribution is 2.18. The first kappa shape index (κ1) is 18.3. The molecule has 2 N–H and O–H groups in total. The van der Waals surface area contributed by atoms with Gasteiger partial charge in [-0.1, -0.05) is 31.7 Å². The number of anilines is 1. The van der Waals surface area contributed by atoms with Crippen molar-refractivity contribution in [2.24, 2.45) is 0 Å². The smallest absolute Gasteiger partial charge is 0.412 e. The van der Waals surface area contributed by atoms with Crippen LogP contribution in [0.1, 0.15) is 69.7 Å². The molecular weight excluding hydrogens is 304 g/mol. The third-order valence-corrected chi connectivity index (χ3v) is 3.96. The van der Waals surface area contributed by atoms with Crippen LogP contribution >= 0.6 is 0 Å². The zero-order valence-corrected chi connectivity index (χ0v) is 14.9. The van der Waals surface area contributed by atoms with Crippen LogP contribution in [0.2, 0.25) is 0 Å². The fourth-order valence-electron chi connectivity index (χ4n) is 2.85. The molecule has 0 heterocycles. The summed E-state index contributed by atoms with van der Waals surface area (Å²) in [5, 5.41) is 5.78. The molecular formula is C19H28N2O3. The van der Waals surface area contributed by atoms with Crippen molar-refractivity contribution < 1.29 is 14.3 Å². The summed E-state index contributed by atoms with van der Waals surface area (Å²) in [5.74, 6) is -0.0882. The third-order valence-electron chi connectivity index (χ3n) is 3.96. The van der Waals surface area contributed by atoms with E-state index in [9.17, 15) is 9.59 Å². The van der Waals surface area contributed by atoms with Crippen molar-refractivity contribution in [3.05, 3.63) is 29.8 Å². The van der Waals surface area contributed by atoms with Gasteiger partial charge in [-0.3, -0.25) is 10.1 Å². The van der Waals surface area contributed by atoms with Gasteiger partial charge in [0.15, 0.2) is 0 Å². The molecule has 0 aliphatic heterocycles. The normalized spacial score (nSPS) is 16.1. The van der Waals surface area contributed by atoms with Crippen LogP contribution < -0.4 is 10.6 Å². The Kier molecular flexibility index (Phi) is 6.23. The zero-order chi connectivity index (χ0) is 17.6. The quantitative estimate of drug-likeness (QED) is 0.802. The van der Waals surface area contributed by atoms with E-state index in [0.717, 1.165) is 12.8 Å². The first-order valence-electron chi connectivity index (χ1n) is 8.74. The van der Waals surface area contributed by atoms with E-state index in [1.807, 2.05) is 20.8 Å². The Morgan fingerprint density at radius 2 is 1.75 bits per heavy atom. The highest BCUT2D eigenvalue weighted by Gasteiger charge is 2.18. The van der Waals surface area contributed by atoms with E-state index in [4.69, 9.17) is 4.74 Å². The molecule has 1 aliphatic rings. The number of carbonyl (C=O) groups is 2. The Bertz CT molecular complexity index is 570. The summed E-state index contributed by atoms with van der Waals surface area (Å²) in [4.78, 5) is 24.3. The lowest BCUT2D eigenvalue weighted by Crippen LogP contribution is -2.34. The van der Waals surface area contributed by atoms with Crippen molar-refractivity contribution in [2.75, 3.05) is 5.32 Å². The molecule has 0 saturated heterocycles. The number of benzene rings is 1. The molecule has 1 saturated carbocycles. The maximum atomic E-state index is 12.4. The van der Waals surface area contributed by atoms with Crippen LogP contribution in [0.25, 0.3) is 0 Å². The zero-order valence-electron chi connectivity index (χ0n) is 14.9. The second-order valence-corrected chi connectivity index (χ2v) is 7.37. The molecule has 0 aromatic heterocycles. The molecule has 5 heteroatoms. The average Bonchev–Trinajstić information content (AvgIpc) is 2.74. The van der Waals surface area contributed by atoms with E-state index < -0.39 is 11.7 Å². The summed E-state index contributed by atoms with van der Waals surface area (Å²) in [6, 6.07) is 7.19. The topological polar surface area (TPSA) is 67.4 Å². The van der Waals surface area contributed by atoms with Crippen molar-refractivity contribution in [3.8, 4) is 0 Å². The van der Waals surface area contributed by atoms with E-state index in [2.05, 4.69) is 10.6 Å². The molecule has 24 heavy (non-hydrogen) atoms. The van der Waals surface area contributed by atoms with Gasteiger partial charge in [-0.25, -0.2) is 4.79 Å². The van der Waals surface area contributed by atoms with Gasteiger partial charge in [0, 0.05) is 17.3 Å². The minimum absolute atomic E-state index is 0.0882. The molecule has 2 rings (SSSR count). The Balaban J connectivity index is 1.96. The summed E-state index contributed by atoms with van der Waals surface area (Å²) in [6.07, 6.45) is 6.41. The van der Waals surface area contributed by atoms with Gasteiger partial charge < -0.3 is 10.1 Å². The Hall–Kier alpha value is -2.04. The molecule has 0 unspecified atom stereocenters. The molecule has 1 aliphatic carbocycles.